The van der Waals surface area contributed by atoms with Gasteiger partial charge < -0.3 is 9.47 Å². The molecular weight excluding hydrogens is 279 g/mol. The van der Waals surface area contributed by atoms with Crippen LogP contribution in [0.25, 0.3) is 0 Å². The van der Waals surface area contributed by atoms with Gasteiger partial charge in [-0.1, -0.05) is 6.08 Å². The van der Waals surface area contributed by atoms with Crippen molar-refractivity contribution in [1.82, 2.24) is 0 Å². The van der Waals surface area contributed by atoms with E-state index in [9.17, 15) is 0 Å². The Hall–Kier alpha value is 0.390. The summed E-state index contributed by atoms with van der Waals surface area (Å²) in [6.07, 6.45) is 6.47. The number of halogens is 1. The van der Waals surface area contributed by atoms with Crippen molar-refractivity contribution in [3.63, 3.8) is 0 Å². The summed E-state index contributed by atoms with van der Waals surface area (Å²) in [5.74, 6) is 1.43. The van der Waals surface area contributed by atoms with Gasteiger partial charge in [-0.25, -0.2) is 0 Å². The van der Waals surface area contributed by atoms with Crippen LogP contribution in [0.15, 0.2) is 9.66 Å². The number of hydrogen-bond donors (Lipinski definition) is 0. The Bertz CT molecular complexity index is 251. The van der Waals surface area contributed by atoms with Crippen molar-refractivity contribution in [2.45, 2.75) is 31.7 Å². The maximum atomic E-state index is 5.89. The molecule has 2 nitrogen and oxygen atoms in total. The van der Waals surface area contributed by atoms with Gasteiger partial charge in [0.05, 0.1) is 12.7 Å². The van der Waals surface area contributed by atoms with Crippen LogP contribution in [0.4, 0.5) is 0 Å². The van der Waals surface area contributed by atoms with Gasteiger partial charge in [0.15, 0.2) is 6.29 Å². The van der Waals surface area contributed by atoms with Crippen LogP contribution in [0, 0.1) is 11.8 Å². The molecule has 0 N–H and O–H groups in total. The van der Waals surface area contributed by atoms with Gasteiger partial charge in [-0.3, -0.25) is 0 Å². The molecule has 0 spiro atoms. The first-order valence-electron chi connectivity index (χ1n) is 4.96. The Kier molecular flexibility index (Phi) is 2.14. The third-order valence-electron chi connectivity index (χ3n) is 3.43. The summed E-state index contributed by atoms with van der Waals surface area (Å²) in [5, 5.41) is 0. The zero-order valence-electron chi connectivity index (χ0n) is 7.41. The van der Waals surface area contributed by atoms with E-state index in [1.807, 2.05) is 0 Å². The second-order valence-electron chi connectivity index (χ2n) is 4.12. The van der Waals surface area contributed by atoms with Crippen molar-refractivity contribution in [2.75, 3.05) is 6.61 Å². The van der Waals surface area contributed by atoms with Crippen LogP contribution in [0.3, 0.4) is 0 Å². The first kappa shape index (κ1) is 8.68. The van der Waals surface area contributed by atoms with E-state index in [4.69, 9.17) is 9.47 Å². The fraction of sp³-hybridized carbons (Fsp3) is 0.800. The van der Waals surface area contributed by atoms with Crippen LogP contribution in [-0.4, -0.2) is 19.0 Å². The smallest absolute Gasteiger partial charge is 0.161 e. The average molecular weight is 292 g/mol. The molecule has 72 valence electrons. The molecule has 0 amide bonds. The number of rotatable bonds is 0. The second kappa shape index (κ2) is 3.21. The lowest BCUT2D eigenvalue weighted by Gasteiger charge is -2.24. The summed E-state index contributed by atoms with van der Waals surface area (Å²) in [6, 6.07) is 0. The summed E-state index contributed by atoms with van der Waals surface area (Å²) >= 11 is 2.42. The molecule has 2 fully saturated rings. The molecule has 0 saturated carbocycles. The van der Waals surface area contributed by atoms with Crippen molar-refractivity contribution >= 4 is 22.6 Å². The monoisotopic (exact) mass is 292 g/mol. The van der Waals surface area contributed by atoms with Gasteiger partial charge >= 0.3 is 0 Å². The van der Waals surface area contributed by atoms with Crippen LogP contribution >= 0.6 is 22.6 Å². The summed E-state index contributed by atoms with van der Waals surface area (Å²) in [7, 11) is 0. The van der Waals surface area contributed by atoms with E-state index in [2.05, 4.69) is 28.7 Å². The van der Waals surface area contributed by atoms with Gasteiger partial charge in [0, 0.05) is 12.3 Å². The minimum Gasteiger partial charge on any atom is -0.352 e. The molecule has 0 bridgehead atoms. The Balaban J connectivity index is 1.82. The molecule has 4 atom stereocenters. The fourth-order valence-electron chi connectivity index (χ4n) is 2.75. The van der Waals surface area contributed by atoms with Gasteiger partial charge in [0.25, 0.3) is 0 Å². The van der Waals surface area contributed by atoms with E-state index >= 15 is 0 Å². The summed E-state index contributed by atoms with van der Waals surface area (Å²) < 4.78 is 12.9. The molecule has 2 saturated heterocycles. The molecule has 1 aliphatic carbocycles. The molecule has 3 heteroatoms. The Morgan fingerprint density at radius 1 is 1.38 bits per heavy atom. The lowest BCUT2D eigenvalue weighted by Crippen LogP contribution is -2.22. The van der Waals surface area contributed by atoms with Gasteiger partial charge in [-0.2, -0.15) is 0 Å². The number of ether oxygens (including phenoxy) is 2. The third-order valence-corrected chi connectivity index (χ3v) is 4.31. The van der Waals surface area contributed by atoms with Crippen LogP contribution in [0.2, 0.25) is 0 Å². The molecule has 0 aromatic rings. The Labute approximate surface area is 91.8 Å². The molecule has 0 unspecified atom stereocenters. The van der Waals surface area contributed by atoms with Crippen LogP contribution < -0.4 is 0 Å². The van der Waals surface area contributed by atoms with Gasteiger partial charge in [-0.15, -0.1) is 0 Å². The number of allylic oxidation sites excluding steroid dienone is 1. The maximum Gasteiger partial charge on any atom is 0.161 e. The number of fused-ring (bicyclic) bond motifs is 3. The van der Waals surface area contributed by atoms with Crippen molar-refractivity contribution in [2.24, 2.45) is 11.8 Å². The SMILES string of the molecule is IC1=CC[C@@H]2[C@@H]3CCO[C@@H]3O[C@H]2C1. The summed E-state index contributed by atoms with van der Waals surface area (Å²) in [5.41, 5.74) is 0. The first-order valence-corrected chi connectivity index (χ1v) is 6.04. The quantitative estimate of drug-likeness (QED) is 0.639. The normalized spacial score (nSPS) is 48.5. The standard InChI is InChI=1S/C10H13IO2/c11-6-1-2-7-8-3-4-12-10(8)13-9(7)5-6/h1,7-10H,2-5H2/t7-,8+,9+,10-/m1/s1. The summed E-state index contributed by atoms with van der Waals surface area (Å²) in [6.45, 7) is 0.902. The zero-order valence-corrected chi connectivity index (χ0v) is 9.57. The molecule has 2 heterocycles. The van der Waals surface area contributed by atoms with Crippen molar-refractivity contribution in [3.05, 3.63) is 9.66 Å². The van der Waals surface area contributed by atoms with Gasteiger partial charge in [0.1, 0.15) is 0 Å². The van der Waals surface area contributed by atoms with Gasteiger partial charge in [-0.05, 0) is 44.9 Å². The van der Waals surface area contributed by atoms with Crippen molar-refractivity contribution < 1.29 is 9.47 Å². The van der Waals surface area contributed by atoms with Crippen LogP contribution in [0.1, 0.15) is 19.3 Å². The molecule has 0 aromatic heterocycles. The fourth-order valence-corrected chi connectivity index (χ4v) is 3.44. The molecule has 2 aliphatic heterocycles. The molecule has 0 aromatic carbocycles. The van der Waals surface area contributed by atoms with E-state index in [0.29, 0.717) is 12.0 Å². The van der Waals surface area contributed by atoms with E-state index in [1.165, 1.54) is 16.4 Å². The predicted molar refractivity (Wildman–Crippen MR) is 57.5 cm³/mol. The summed E-state index contributed by atoms with van der Waals surface area (Å²) in [4.78, 5) is 0. The molecule has 13 heavy (non-hydrogen) atoms. The van der Waals surface area contributed by atoms with Crippen molar-refractivity contribution in [3.8, 4) is 0 Å². The van der Waals surface area contributed by atoms with E-state index < -0.39 is 0 Å². The average Bonchev–Trinajstić information content (AvgIpc) is 2.62. The van der Waals surface area contributed by atoms with Crippen LogP contribution in [-0.2, 0) is 9.47 Å². The van der Waals surface area contributed by atoms with Crippen molar-refractivity contribution in [1.29, 1.82) is 0 Å². The minimum absolute atomic E-state index is 0.130. The van der Waals surface area contributed by atoms with E-state index in [0.717, 1.165) is 18.9 Å². The Morgan fingerprint density at radius 2 is 2.31 bits per heavy atom. The largest absolute Gasteiger partial charge is 0.352 e. The highest BCUT2D eigenvalue weighted by atomic mass is 127. The molecule has 3 aliphatic rings. The molecule has 0 radical (unpaired) electrons. The minimum atomic E-state index is 0.130. The molecule has 3 rings (SSSR count). The second-order valence-corrected chi connectivity index (χ2v) is 5.51. The van der Waals surface area contributed by atoms with Crippen LogP contribution in [0.5, 0.6) is 0 Å². The number of hydrogen-bond acceptors (Lipinski definition) is 2. The zero-order chi connectivity index (χ0) is 8.84. The highest BCUT2D eigenvalue weighted by Crippen LogP contribution is 2.46. The lowest BCUT2D eigenvalue weighted by molar-refractivity contribution is -0.117. The highest BCUT2D eigenvalue weighted by Gasteiger charge is 2.47. The van der Waals surface area contributed by atoms with Gasteiger partial charge in [0.2, 0.25) is 0 Å². The topological polar surface area (TPSA) is 18.5 Å². The lowest BCUT2D eigenvalue weighted by atomic mass is 9.82. The Morgan fingerprint density at radius 3 is 3.23 bits per heavy atom. The predicted octanol–water partition coefficient (Wildman–Crippen LogP) is 2.48. The third kappa shape index (κ3) is 1.36. The van der Waals surface area contributed by atoms with E-state index in [-0.39, 0.29) is 6.29 Å². The highest BCUT2D eigenvalue weighted by molar-refractivity contribution is 14.1. The molecular formula is C10H13IO2. The van der Waals surface area contributed by atoms with E-state index in [1.54, 1.807) is 0 Å². The maximum absolute atomic E-state index is 5.89. The first-order chi connectivity index (χ1) is 6.34.